The highest BCUT2D eigenvalue weighted by molar-refractivity contribution is 7.54. The van der Waals surface area contributed by atoms with E-state index in [1.165, 1.54) is 6.42 Å². The molecule has 0 radical (unpaired) electrons. The van der Waals surface area contributed by atoms with E-state index in [0.717, 1.165) is 31.4 Å². The minimum Gasteiger partial charge on any atom is -0.302 e. The molecule has 1 heterocycles. The summed E-state index contributed by atoms with van der Waals surface area (Å²) in [5.74, 6) is 1.29. The molecule has 2 aliphatic rings. The van der Waals surface area contributed by atoms with Crippen LogP contribution in [0.2, 0.25) is 0 Å². The van der Waals surface area contributed by atoms with Gasteiger partial charge < -0.3 is 4.52 Å². The summed E-state index contributed by atoms with van der Waals surface area (Å²) in [5.41, 5.74) is 1.15. The molecular formula is C18H27Cl2N2O2P. The lowest BCUT2D eigenvalue weighted by atomic mass is 9.86. The maximum Gasteiger partial charge on any atom is 0.346 e. The Labute approximate surface area is 161 Å². The smallest absolute Gasteiger partial charge is 0.302 e. The summed E-state index contributed by atoms with van der Waals surface area (Å²) in [5, 5.41) is 0. The van der Waals surface area contributed by atoms with E-state index in [0.29, 0.717) is 37.3 Å². The molecule has 7 heteroatoms. The number of hydrogen-bond donors (Lipinski definition) is 0. The molecule has 1 aromatic carbocycles. The van der Waals surface area contributed by atoms with Gasteiger partial charge in [0.2, 0.25) is 0 Å². The first-order chi connectivity index (χ1) is 12.2. The van der Waals surface area contributed by atoms with Crippen molar-refractivity contribution in [3.63, 3.8) is 0 Å². The van der Waals surface area contributed by atoms with E-state index in [-0.39, 0.29) is 6.10 Å². The second-order valence-corrected chi connectivity index (χ2v) is 9.92. The van der Waals surface area contributed by atoms with Gasteiger partial charge in [-0.05, 0) is 24.3 Å². The van der Waals surface area contributed by atoms with E-state index < -0.39 is 7.67 Å². The minimum atomic E-state index is -3.12. The Morgan fingerprint density at radius 1 is 1.12 bits per heavy atom. The van der Waals surface area contributed by atoms with E-state index >= 15 is 0 Å². The van der Waals surface area contributed by atoms with E-state index in [1.54, 1.807) is 0 Å². The number of rotatable bonds is 7. The molecule has 1 aliphatic heterocycles. The molecule has 3 atom stereocenters. The van der Waals surface area contributed by atoms with Crippen molar-refractivity contribution in [2.75, 3.05) is 31.4 Å². The molecule has 1 saturated carbocycles. The largest absolute Gasteiger partial charge is 0.346 e. The van der Waals surface area contributed by atoms with Crippen LogP contribution < -0.4 is 0 Å². The molecule has 3 rings (SSSR count). The van der Waals surface area contributed by atoms with Crippen molar-refractivity contribution in [2.24, 2.45) is 5.92 Å². The topological polar surface area (TPSA) is 32.8 Å². The highest BCUT2D eigenvalue weighted by Crippen LogP contribution is 2.60. The highest BCUT2D eigenvalue weighted by atomic mass is 35.5. The maximum atomic E-state index is 14.0. The standard InChI is InChI=1S/C18H27Cl2N2O2P/c19-10-12-21(13-11-20)25(23)22(14-16-6-2-1-3-7-16)15-17-8-4-5-9-18(17)24-25/h1-3,6-7,17-18H,4-5,8-15H2/t17-,18-,25-/m0/s1. The molecule has 2 fully saturated rings. The quantitative estimate of drug-likeness (QED) is 0.474. The first-order valence-electron chi connectivity index (χ1n) is 9.12. The van der Waals surface area contributed by atoms with Gasteiger partial charge in [0.15, 0.2) is 0 Å². The van der Waals surface area contributed by atoms with Gasteiger partial charge in [-0.1, -0.05) is 43.2 Å². The van der Waals surface area contributed by atoms with Crippen LogP contribution in [0.1, 0.15) is 31.2 Å². The molecule has 1 aliphatic carbocycles. The Bertz CT molecular complexity index is 584. The summed E-state index contributed by atoms with van der Waals surface area (Å²) in [6, 6.07) is 10.2. The van der Waals surface area contributed by atoms with E-state index in [9.17, 15) is 4.57 Å². The van der Waals surface area contributed by atoms with Crippen LogP contribution in [0.25, 0.3) is 0 Å². The fourth-order valence-corrected chi connectivity index (χ4v) is 7.25. The van der Waals surface area contributed by atoms with Gasteiger partial charge in [-0.15, -0.1) is 23.2 Å². The SMILES string of the molecule is O=[P@@]1(N(CCCl)CCCl)O[C@H]2CCCC[C@H]2CN1Cc1ccccc1. The Kier molecular flexibility index (Phi) is 7.25. The van der Waals surface area contributed by atoms with Gasteiger partial charge in [-0.2, -0.15) is 0 Å². The second kappa shape index (κ2) is 9.21. The molecule has 0 unspecified atom stereocenters. The Morgan fingerprint density at radius 3 is 2.48 bits per heavy atom. The average molecular weight is 405 g/mol. The molecular weight excluding hydrogens is 378 g/mol. The van der Waals surface area contributed by atoms with E-state index in [4.69, 9.17) is 27.7 Å². The molecule has 0 N–H and O–H groups in total. The lowest BCUT2D eigenvalue weighted by molar-refractivity contribution is 0.0221. The maximum absolute atomic E-state index is 14.0. The van der Waals surface area contributed by atoms with Gasteiger partial charge in [0.25, 0.3) is 0 Å². The molecule has 25 heavy (non-hydrogen) atoms. The minimum absolute atomic E-state index is 0.0970. The molecule has 0 aromatic heterocycles. The summed E-state index contributed by atoms with van der Waals surface area (Å²) in [4.78, 5) is 0. The van der Waals surface area contributed by atoms with E-state index in [1.807, 2.05) is 27.5 Å². The first-order valence-corrected chi connectivity index (χ1v) is 11.7. The molecule has 1 saturated heterocycles. The Hall–Kier alpha value is -0.0900. The molecule has 0 spiro atoms. The van der Waals surface area contributed by atoms with Crippen LogP contribution in [0, 0.1) is 5.92 Å². The van der Waals surface area contributed by atoms with Crippen molar-refractivity contribution in [3.8, 4) is 0 Å². The average Bonchev–Trinajstić information content (AvgIpc) is 2.63. The molecule has 0 amide bonds. The van der Waals surface area contributed by atoms with Crippen LogP contribution in [0.3, 0.4) is 0 Å². The van der Waals surface area contributed by atoms with Gasteiger partial charge >= 0.3 is 7.67 Å². The fourth-order valence-electron chi connectivity index (χ4n) is 3.89. The third kappa shape index (κ3) is 4.61. The zero-order valence-electron chi connectivity index (χ0n) is 14.5. The van der Waals surface area contributed by atoms with Gasteiger partial charge in [-0.25, -0.2) is 9.34 Å². The van der Waals surface area contributed by atoms with Crippen LogP contribution >= 0.6 is 30.9 Å². The number of alkyl halides is 2. The summed E-state index contributed by atoms with van der Waals surface area (Å²) in [6.45, 7) is 2.49. The normalized spacial score (nSPS) is 30.4. The third-order valence-corrected chi connectivity index (χ3v) is 8.18. The first kappa shape index (κ1) is 19.7. The Balaban J connectivity index is 1.87. The highest BCUT2D eigenvalue weighted by Gasteiger charge is 2.48. The number of benzene rings is 1. The predicted octanol–water partition coefficient (Wildman–Crippen LogP) is 4.97. The van der Waals surface area contributed by atoms with Crippen molar-refractivity contribution in [1.29, 1.82) is 0 Å². The number of hydrogen-bond acceptors (Lipinski definition) is 2. The molecule has 140 valence electrons. The Morgan fingerprint density at radius 2 is 1.80 bits per heavy atom. The van der Waals surface area contributed by atoms with Crippen molar-refractivity contribution >= 4 is 30.9 Å². The summed E-state index contributed by atoms with van der Waals surface area (Å²) in [7, 11) is -3.12. The lowest BCUT2D eigenvalue weighted by Gasteiger charge is -2.48. The fraction of sp³-hybridized carbons (Fsp3) is 0.667. The van der Waals surface area contributed by atoms with Crippen LogP contribution in [0.15, 0.2) is 30.3 Å². The summed E-state index contributed by atoms with van der Waals surface area (Å²) >= 11 is 12.0. The number of halogens is 2. The van der Waals surface area contributed by atoms with Crippen LogP contribution in [-0.2, 0) is 15.6 Å². The van der Waals surface area contributed by atoms with Gasteiger partial charge in [-0.3, -0.25) is 4.57 Å². The molecule has 1 aromatic rings. The predicted molar refractivity (Wildman–Crippen MR) is 104 cm³/mol. The summed E-state index contributed by atoms with van der Waals surface area (Å²) in [6.07, 6.45) is 4.65. The van der Waals surface area contributed by atoms with Gasteiger partial charge in [0, 0.05) is 37.9 Å². The third-order valence-electron chi connectivity index (χ3n) is 5.17. The van der Waals surface area contributed by atoms with Crippen molar-refractivity contribution in [2.45, 2.75) is 38.3 Å². The number of nitrogens with zero attached hydrogens (tertiary/aromatic N) is 2. The van der Waals surface area contributed by atoms with Crippen molar-refractivity contribution < 1.29 is 9.09 Å². The van der Waals surface area contributed by atoms with Crippen molar-refractivity contribution in [1.82, 2.24) is 9.34 Å². The van der Waals surface area contributed by atoms with Gasteiger partial charge in [0.1, 0.15) is 0 Å². The van der Waals surface area contributed by atoms with Crippen LogP contribution in [0.5, 0.6) is 0 Å². The molecule has 4 nitrogen and oxygen atoms in total. The zero-order chi connectivity index (χ0) is 17.7. The van der Waals surface area contributed by atoms with Gasteiger partial charge in [0.05, 0.1) is 6.10 Å². The van der Waals surface area contributed by atoms with Crippen molar-refractivity contribution in [3.05, 3.63) is 35.9 Å². The number of fused-ring (bicyclic) bond motifs is 1. The van der Waals surface area contributed by atoms with Crippen LogP contribution in [-0.4, -0.2) is 46.8 Å². The molecule has 0 bridgehead atoms. The van der Waals surface area contributed by atoms with E-state index in [2.05, 4.69) is 12.1 Å². The zero-order valence-corrected chi connectivity index (χ0v) is 16.9. The summed E-state index contributed by atoms with van der Waals surface area (Å²) < 4.78 is 24.3. The van der Waals surface area contributed by atoms with Crippen LogP contribution in [0.4, 0.5) is 0 Å². The second-order valence-electron chi connectivity index (χ2n) is 6.84. The lowest BCUT2D eigenvalue weighted by Crippen LogP contribution is -2.47. The monoisotopic (exact) mass is 404 g/mol.